The quantitative estimate of drug-likeness (QED) is 0.767. The predicted octanol–water partition coefficient (Wildman–Crippen LogP) is 1.28. The van der Waals surface area contributed by atoms with Crippen molar-refractivity contribution in [2.45, 2.75) is 13.0 Å². The molecule has 0 aromatic carbocycles. The van der Waals surface area contributed by atoms with E-state index >= 15 is 0 Å². The van der Waals surface area contributed by atoms with E-state index in [1.165, 1.54) is 5.56 Å². The van der Waals surface area contributed by atoms with Crippen molar-refractivity contribution >= 4 is 15.9 Å². The highest BCUT2D eigenvalue weighted by Gasteiger charge is 1.93. The Hall–Kier alpha value is -0.450. The second-order valence-electron chi connectivity index (χ2n) is 2.83. The molecule has 0 bridgehead atoms. The maximum Gasteiger partial charge on any atom is 0.0410 e. The van der Waals surface area contributed by atoms with Gasteiger partial charge >= 0.3 is 0 Å². The minimum atomic E-state index is 0.740. The van der Waals surface area contributed by atoms with Crippen LogP contribution in [0.15, 0.2) is 22.9 Å². The van der Waals surface area contributed by atoms with E-state index in [-0.39, 0.29) is 0 Å². The zero-order valence-electron chi connectivity index (χ0n) is 7.46. The van der Waals surface area contributed by atoms with Crippen LogP contribution < -0.4 is 11.1 Å². The second kappa shape index (κ2) is 6.07. The molecule has 1 aromatic heterocycles. The first-order valence-electron chi connectivity index (χ1n) is 4.33. The molecule has 0 amide bonds. The van der Waals surface area contributed by atoms with E-state index < -0.39 is 0 Å². The Balaban J connectivity index is 2.28. The molecule has 0 saturated carbocycles. The maximum absolute atomic E-state index is 5.37. The lowest BCUT2D eigenvalue weighted by atomic mass is 10.3. The summed E-state index contributed by atoms with van der Waals surface area (Å²) < 4.78 is 1.02. The van der Waals surface area contributed by atoms with E-state index in [2.05, 4.69) is 32.3 Å². The number of pyridine rings is 1. The standard InChI is InChI=1S/C9H14BrN3/c10-9-4-8(6-13-7-9)5-12-3-1-2-11/h4,6-7,12H,1-3,5,11H2. The van der Waals surface area contributed by atoms with Crippen molar-refractivity contribution in [3.8, 4) is 0 Å². The van der Waals surface area contributed by atoms with Crippen molar-refractivity contribution in [2.75, 3.05) is 13.1 Å². The summed E-state index contributed by atoms with van der Waals surface area (Å²) in [7, 11) is 0. The molecule has 0 atom stereocenters. The van der Waals surface area contributed by atoms with Gasteiger partial charge in [-0.25, -0.2) is 0 Å². The third kappa shape index (κ3) is 4.36. The summed E-state index contributed by atoms with van der Waals surface area (Å²) in [6.45, 7) is 2.55. The lowest BCUT2D eigenvalue weighted by molar-refractivity contribution is 0.654. The van der Waals surface area contributed by atoms with Crippen molar-refractivity contribution in [2.24, 2.45) is 5.73 Å². The Bertz CT molecular complexity index is 252. The monoisotopic (exact) mass is 243 g/mol. The van der Waals surface area contributed by atoms with Crippen LogP contribution in [0.2, 0.25) is 0 Å². The largest absolute Gasteiger partial charge is 0.330 e. The van der Waals surface area contributed by atoms with Crippen molar-refractivity contribution in [1.82, 2.24) is 10.3 Å². The molecule has 1 aromatic rings. The van der Waals surface area contributed by atoms with Gasteiger partial charge in [-0.05, 0) is 47.1 Å². The maximum atomic E-state index is 5.37. The van der Waals surface area contributed by atoms with Gasteiger partial charge < -0.3 is 11.1 Å². The highest BCUT2D eigenvalue weighted by Crippen LogP contribution is 2.08. The van der Waals surface area contributed by atoms with Gasteiger partial charge in [-0.1, -0.05) is 0 Å². The first-order valence-corrected chi connectivity index (χ1v) is 5.12. The molecule has 0 aliphatic heterocycles. The molecule has 0 aliphatic carbocycles. The van der Waals surface area contributed by atoms with E-state index in [9.17, 15) is 0 Å². The Kier molecular flexibility index (Phi) is 4.97. The van der Waals surface area contributed by atoms with Crippen molar-refractivity contribution in [1.29, 1.82) is 0 Å². The molecule has 3 nitrogen and oxygen atoms in total. The molecular formula is C9H14BrN3. The number of rotatable bonds is 5. The van der Waals surface area contributed by atoms with Crippen LogP contribution in [0.25, 0.3) is 0 Å². The fourth-order valence-corrected chi connectivity index (χ4v) is 1.42. The third-order valence-corrected chi connectivity index (χ3v) is 2.08. The first-order chi connectivity index (χ1) is 6.33. The summed E-state index contributed by atoms with van der Waals surface area (Å²) in [6.07, 6.45) is 4.66. The minimum Gasteiger partial charge on any atom is -0.330 e. The van der Waals surface area contributed by atoms with Gasteiger partial charge in [-0.15, -0.1) is 0 Å². The Morgan fingerprint density at radius 1 is 1.46 bits per heavy atom. The molecule has 0 spiro atoms. The summed E-state index contributed by atoms with van der Waals surface area (Å²) in [6, 6.07) is 2.06. The second-order valence-corrected chi connectivity index (χ2v) is 3.75. The van der Waals surface area contributed by atoms with Crippen LogP contribution in [0.1, 0.15) is 12.0 Å². The lowest BCUT2D eigenvalue weighted by Gasteiger charge is -2.03. The average molecular weight is 244 g/mol. The van der Waals surface area contributed by atoms with Gasteiger partial charge in [-0.2, -0.15) is 0 Å². The number of aromatic nitrogens is 1. The molecule has 72 valence electrons. The highest BCUT2D eigenvalue weighted by molar-refractivity contribution is 9.10. The van der Waals surface area contributed by atoms with Crippen LogP contribution in [-0.2, 0) is 6.54 Å². The number of nitrogens with zero attached hydrogens (tertiary/aromatic N) is 1. The van der Waals surface area contributed by atoms with E-state index in [0.29, 0.717) is 0 Å². The van der Waals surface area contributed by atoms with Gasteiger partial charge in [0, 0.05) is 23.4 Å². The smallest absolute Gasteiger partial charge is 0.0410 e. The molecule has 0 radical (unpaired) electrons. The zero-order valence-corrected chi connectivity index (χ0v) is 9.05. The molecule has 1 heterocycles. The summed E-state index contributed by atoms with van der Waals surface area (Å²) in [5.74, 6) is 0. The number of nitrogens with one attached hydrogen (secondary N) is 1. The summed E-state index contributed by atoms with van der Waals surface area (Å²) in [5, 5.41) is 3.29. The van der Waals surface area contributed by atoms with E-state index in [0.717, 1.165) is 30.5 Å². The summed E-state index contributed by atoms with van der Waals surface area (Å²) >= 11 is 3.37. The lowest BCUT2D eigenvalue weighted by Crippen LogP contribution is -2.17. The van der Waals surface area contributed by atoms with Crippen LogP contribution in [-0.4, -0.2) is 18.1 Å². The number of nitrogens with two attached hydrogens (primary N) is 1. The fourth-order valence-electron chi connectivity index (χ4n) is 1.01. The van der Waals surface area contributed by atoms with Gasteiger partial charge in [0.05, 0.1) is 0 Å². The Labute approximate surface area is 86.9 Å². The van der Waals surface area contributed by atoms with Gasteiger partial charge in [0.15, 0.2) is 0 Å². The molecule has 0 unspecified atom stereocenters. The predicted molar refractivity (Wildman–Crippen MR) is 57.3 cm³/mol. The molecule has 3 N–H and O–H groups in total. The summed E-state index contributed by atoms with van der Waals surface area (Å²) in [5.41, 5.74) is 6.56. The van der Waals surface area contributed by atoms with Crippen molar-refractivity contribution in [3.63, 3.8) is 0 Å². The molecular weight excluding hydrogens is 230 g/mol. The van der Waals surface area contributed by atoms with E-state index in [4.69, 9.17) is 5.73 Å². The Morgan fingerprint density at radius 3 is 3.00 bits per heavy atom. The first kappa shape index (κ1) is 10.6. The Morgan fingerprint density at radius 2 is 2.31 bits per heavy atom. The van der Waals surface area contributed by atoms with Crippen molar-refractivity contribution in [3.05, 3.63) is 28.5 Å². The van der Waals surface area contributed by atoms with Crippen LogP contribution in [0.3, 0.4) is 0 Å². The zero-order chi connectivity index (χ0) is 9.52. The topological polar surface area (TPSA) is 50.9 Å². The van der Waals surface area contributed by atoms with Gasteiger partial charge in [-0.3, -0.25) is 4.98 Å². The van der Waals surface area contributed by atoms with Crippen LogP contribution >= 0.6 is 15.9 Å². The van der Waals surface area contributed by atoms with Crippen molar-refractivity contribution < 1.29 is 0 Å². The molecule has 0 aliphatic rings. The molecule has 1 rings (SSSR count). The average Bonchev–Trinajstić information content (AvgIpc) is 2.13. The number of hydrogen-bond acceptors (Lipinski definition) is 3. The fraction of sp³-hybridized carbons (Fsp3) is 0.444. The molecule has 0 saturated heterocycles. The van der Waals surface area contributed by atoms with E-state index in [1.54, 1.807) is 6.20 Å². The normalized spacial score (nSPS) is 10.3. The van der Waals surface area contributed by atoms with Gasteiger partial charge in [0.2, 0.25) is 0 Å². The number of hydrogen-bond donors (Lipinski definition) is 2. The molecule has 0 fully saturated rings. The van der Waals surface area contributed by atoms with Crippen LogP contribution in [0.4, 0.5) is 0 Å². The van der Waals surface area contributed by atoms with Crippen LogP contribution in [0, 0.1) is 0 Å². The summed E-state index contributed by atoms with van der Waals surface area (Å²) in [4.78, 5) is 4.07. The SMILES string of the molecule is NCCCNCc1cncc(Br)c1. The highest BCUT2D eigenvalue weighted by atomic mass is 79.9. The van der Waals surface area contributed by atoms with E-state index in [1.807, 2.05) is 6.20 Å². The number of halogens is 1. The van der Waals surface area contributed by atoms with Crippen LogP contribution in [0.5, 0.6) is 0 Å². The molecule has 13 heavy (non-hydrogen) atoms. The molecule has 4 heteroatoms. The third-order valence-electron chi connectivity index (χ3n) is 1.65. The van der Waals surface area contributed by atoms with Gasteiger partial charge in [0.1, 0.15) is 0 Å². The minimum absolute atomic E-state index is 0.740. The van der Waals surface area contributed by atoms with Gasteiger partial charge in [0.25, 0.3) is 0 Å².